The summed E-state index contributed by atoms with van der Waals surface area (Å²) in [5.74, 6) is 0. The van der Waals surface area contributed by atoms with Crippen LogP contribution >= 0.6 is 0 Å². The normalized spacial score (nSPS) is 18.4. The van der Waals surface area contributed by atoms with Crippen molar-refractivity contribution in [1.29, 1.82) is 0 Å². The van der Waals surface area contributed by atoms with E-state index in [9.17, 15) is 0 Å². The van der Waals surface area contributed by atoms with Crippen LogP contribution in [0.2, 0.25) is 0 Å². The van der Waals surface area contributed by atoms with Crippen molar-refractivity contribution in [2.45, 2.75) is 32.5 Å². The van der Waals surface area contributed by atoms with Gasteiger partial charge in [-0.1, -0.05) is 55.5 Å². The summed E-state index contributed by atoms with van der Waals surface area (Å²) in [4.78, 5) is 4.99. The van der Waals surface area contributed by atoms with Crippen molar-refractivity contribution in [3.05, 3.63) is 70.7 Å². The lowest BCUT2D eigenvalue weighted by atomic mass is 10.1. The van der Waals surface area contributed by atoms with Crippen molar-refractivity contribution in [1.82, 2.24) is 10.0 Å². The predicted octanol–water partition coefficient (Wildman–Crippen LogP) is 2.70. The number of nitrogens with zero attached hydrogens (tertiary/aromatic N) is 3. The molecule has 3 heteroatoms. The zero-order chi connectivity index (χ0) is 15.5. The van der Waals surface area contributed by atoms with Crippen LogP contribution in [0, 0.1) is 0 Å². The highest BCUT2D eigenvalue weighted by atomic mass is 15.6. The summed E-state index contributed by atoms with van der Waals surface area (Å²) in [6.07, 6.45) is 3.31. The molecular formula is C19H23N3. The maximum atomic E-state index is 4.99. The third-order valence-electron chi connectivity index (χ3n) is 4.41. The lowest BCUT2D eigenvalue weighted by Crippen LogP contribution is -2.48. The van der Waals surface area contributed by atoms with Crippen LogP contribution in [0.3, 0.4) is 0 Å². The fourth-order valence-corrected chi connectivity index (χ4v) is 2.73. The van der Waals surface area contributed by atoms with Gasteiger partial charge in [0.25, 0.3) is 0 Å². The third-order valence-corrected chi connectivity index (χ3v) is 4.41. The Hall–Kier alpha value is -2.13. The molecule has 0 saturated heterocycles. The van der Waals surface area contributed by atoms with Crippen LogP contribution in [0.4, 0.5) is 0 Å². The van der Waals surface area contributed by atoms with E-state index in [-0.39, 0.29) is 6.17 Å². The van der Waals surface area contributed by atoms with Gasteiger partial charge in [-0.15, -0.1) is 0 Å². The van der Waals surface area contributed by atoms with E-state index in [0.29, 0.717) is 6.04 Å². The predicted molar refractivity (Wildman–Crippen MR) is 90.2 cm³/mol. The number of hydrogen-bond acceptors (Lipinski definition) is 3. The third kappa shape index (κ3) is 2.77. The molecule has 0 N–H and O–H groups in total. The summed E-state index contributed by atoms with van der Waals surface area (Å²) < 4.78 is 0. The highest BCUT2D eigenvalue weighted by Gasteiger charge is 2.24. The van der Waals surface area contributed by atoms with E-state index in [0.717, 1.165) is 11.8 Å². The van der Waals surface area contributed by atoms with Gasteiger partial charge in [0.1, 0.15) is 0 Å². The molecule has 114 valence electrons. The Labute approximate surface area is 132 Å². The van der Waals surface area contributed by atoms with Crippen LogP contribution in [-0.2, 0) is 0 Å². The number of hydrogen-bond donors (Lipinski definition) is 0. The van der Waals surface area contributed by atoms with Gasteiger partial charge in [-0.3, -0.25) is 10.0 Å². The highest BCUT2D eigenvalue weighted by Crippen LogP contribution is 2.25. The van der Waals surface area contributed by atoms with Crippen LogP contribution in [0.1, 0.15) is 32.0 Å². The molecule has 0 aliphatic carbocycles. The minimum Gasteiger partial charge on any atom is -0.284 e. The molecule has 0 bridgehead atoms. The molecule has 2 atom stereocenters. The van der Waals surface area contributed by atoms with Gasteiger partial charge >= 0.3 is 0 Å². The van der Waals surface area contributed by atoms with Crippen molar-refractivity contribution >= 4 is 6.20 Å². The molecule has 0 saturated carbocycles. The van der Waals surface area contributed by atoms with Crippen molar-refractivity contribution in [2.24, 2.45) is 4.99 Å². The molecular weight excluding hydrogens is 270 g/mol. The summed E-state index contributed by atoms with van der Waals surface area (Å²) in [6.45, 7) is 4.46. The van der Waals surface area contributed by atoms with Crippen LogP contribution in [0.15, 0.2) is 59.6 Å². The second kappa shape index (κ2) is 6.32. The Balaban J connectivity index is 2.10. The van der Waals surface area contributed by atoms with Gasteiger partial charge in [-0.05, 0) is 25.0 Å². The summed E-state index contributed by atoms with van der Waals surface area (Å²) in [6, 6.07) is 19.3. The maximum absolute atomic E-state index is 4.99. The first-order chi connectivity index (χ1) is 10.7. The molecule has 3 nitrogen and oxygen atoms in total. The topological polar surface area (TPSA) is 18.8 Å². The summed E-state index contributed by atoms with van der Waals surface area (Å²) in [5.41, 5.74) is 1.21. The summed E-state index contributed by atoms with van der Waals surface area (Å²) in [7, 11) is 2.14. The van der Waals surface area contributed by atoms with Crippen molar-refractivity contribution in [2.75, 3.05) is 7.05 Å². The van der Waals surface area contributed by atoms with Gasteiger partial charge in [0, 0.05) is 24.5 Å². The van der Waals surface area contributed by atoms with Gasteiger partial charge in [0.15, 0.2) is 6.17 Å². The lowest BCUT2D eigenvalue weighted by Gasteiger charge is -2.40. The first-order valence-electron chi connectivity index (χ1n) is 7.91. The number of para-hydroxylation sites is 1. The van der Waals surface area contributed by atoms with Crippen molar-refractivity contribution < 1.29 is 0 Å². The minimum absolute atomic E-state index is 0.00454. The average molecular weight is 293 g/mol. The quantitative estimate of drug-likeness (QED) is 0.863. The van der Waals surface area contributed by atoms with Crippen molar-refractivity contribution in [3.63, 3.8) is 0 Å². The van der Waals surface area contributed by atoms with Crippen LogP contribution in [0.25, 0.3) is 6.20 Å². The SMILES string of the molecule is CCC(C)N(C)N1C=c2ccccc2=N[C@H]1c1ccccc1. The molecule has 1 aliphatic heterocycles. The molecule has 2 aromatic rings. The average Bonchev–Trinajstić information content (AvgIpc) is 2.60. The lowest BCUT2D eigenvalue weighted by molar-refractivity contribution is -0.00797. The Bertz CT molecular complexity index is 739. The second-order valence-corrected chi connectivity index (χ2v) is 5.81. The monoisotopic (exact) mass is 293 g/mol. The standard InChI is InChI=1S/C19H23N3/c1-4-15(2)21(3)22-14-17-12-8-9-13-18(17)20-19(22)16-10-6-5-7-11-16/h5-15,19H,4H2,1-3H3/t15?,19-/m1/s1. The number of benzene rings is 2. The number of fused-ring (bicyclic) bond motifs is 1. The molecule has 0 spiro atoms. The smallest absolute Gasteiger partial charge is 0.161 e. The minimum atomic E-state index is -0.00454. The van der Waals surface area contributed by atoms with E-state index in [4.69, 9.17) is 4.99 Å². The molecule has 0 amide bonds. The maximum Gasteiger partial charge on any atom is 0.161 e. The molecule has 0 aromatic heterocycles. The fraction of sp³-hybridized carbons (Fsp3) is 0.316. The number of rotatable bonds is 4. The van der Waals surface area contributed by atoms with Gasteiger partial charge < -0.3 is 0 Å². The van der Waals surface area contributed by atoms with E-state index in [1.54, 1.807) is 0 Å². The van der Waals surface area contributed by atoms with E-state index in [1.165, 1.54) is 10.8 Å². The zero-order valence-electron chi connectivity index (χ0n) is 13.5. The molecule has 0 radical (unpaired) electrons. The van der Waals surface area contributed by atoms with E-state index >= 15 is 0 Å². The first kappa shape index (κ1) is 14.8. The molecule has 1 aliphatic rings. The molecule has 1 unspecified atom stereocenters. The van der Waals surface area contributed by atoms with Gasteiger partial charge in [-0.25, -0.2) is 5.01 Å². The summed E-state index contributed by atoms with van der Waals surface area (Å²) in [5, 5.41) is 6.78. The van der Waals surface area contributed by atoms with Crippen molar-refractivity contribution in [3.8, 4) is 0 Å². The molecule has 3 rings (SSSR count). The number of hydrazine groups is 1. The molecule has 2 aromatic carbocycles. The van der Waals surface area contributed by atoms with Gasteiger partial charge in [0.2, 0.25) is 0 Å². The fourth-order valence-electron chi connectivity index (χ4n) is 2.73. The molecule has 0 fully saturated rings. The largest absolute Gasteiger partial charge is 0.284 e. The van der Waals surface area contributed by atoms with E-state index in [2.05, 4.69) is 79.6 Å². The molecule has 22 heavy (non-hydrogen) atoms. The Kier molecular flexibility index (Phi) is 4.25. The second-order valence-electron chi connectivity index (χ2n) is 5.81. The summed E-state index contributed by atoms with van der Waals surface area (Å²) >= 11 is 0. The van der Waals surface area contributed by atoms with Crippen LogP contribution < -0.4 is 10.6 Å². The van der Waals surface area contributed by atoms with Gasteiger partial charge in [-0.2, -0.15) is 0 Å². The Morgan fingerprint density at radius 3 is 2.50 bits per heavy atom. The molecule has 1 heterocycles. The highest BCUT2D eigenvalue weighted by molar-refractivity contribution is 5.29. The van der Waals surface area contributed by atoms with Gasteiger partial charge in [0.05, 0.1) is 5.36 Å². The van der Waals surface area contributed by atoms with E-state index < -0.39 is 0 Å². The van der Waals surface area contributed by atoms with Crippen LogP contribution in [-0.4, -0.2) is 23.1 Å². The Morgan fingerprint density at radius 2 is 1.77 bits per heavy atom. The zero-order valence-corrected chi connectivity index (χ0v) is 13.5. The van der Waals surface area contributed by atoms with E-state index in [1.807, 2.05) is 12.1 Å². The first-order valence-corrected chi connectivity index (χ1v) is 7.91. The van der Waals surface area contributed by atoms with Crippen LogP contribution in [0.5, 0.6) is 0 Å². The Morgan fingerprint density at radius 1 is 1.09 bits per heavy atom.